The molecule has 0 bridgehead atoms. The largest absolute Gasteiger partial charge is 0.396 e. The molecule has 0 amide bonds. The molecule has 0 atom stereocenters. The van der Waals surface area contributed by atoms with Crippen molar-refractivity contribution in [2.75, 3.05) is 5.73 Å². The molecule has 0 aliphatic heterocycles. The van der Waals surface area contributed by atoms with Crippen molar-refractivity contribution in [3.63, 3.8) is 0 Å². The molecule has 4 N–H and O–H groups in total. The van der Waals surface area contributed by atoms with Crippen LogP contribution in [-0.2, 0) is 6.42 Å². The highest BCUT2D eigenvalue weighted by Gasteiger charge is 2.15. The van der Waals surface area contributed by atoms with E-state index in [0.29, 0.717) is 28.0 Å². The van der Waals surface area contributed by atoms with Crippen molar-refractivity contribution in [2.45, 2.75) is 54.4 Å². The Morgan fingerprint density at radius 1 is 0.976 bits per heavy atom. The van der Waals surface area contributed by atoms with Crippen LogP contribution in [0.3, 0.4) is 0 Å². The molecular weight excluding hydrogens is 524 g/mol. The average Bonchev–Trinajstić information content (AvgIpc) is 2.91. The third kappa shape index (κ3) is 9.62. The van der Waals surface area contributed by atoms with Gasteiger partial charge < -0.3 is 16.4 Å². The third-order valence-corrected chi connectivity index (χ3v) is 6.64. The molecule has 0 saturated carbocycles. The van der Waals surface area contributed by atoms with Crippen LogP contribution in [0.15, 0.2) is 121 Å². The summed E-state index contributed by atoms with van der Waals surface area (Å²) in [6.07, 6.45) is 10.0. The van der Waals surface area contributed by atoms with Gasteiger partial charge in [0.05, 0.1) is 5.69 Å². The number of rotatable bonds is 13. The van der Waals surface area contributed by atoms with E-state index >= 15 is 4.39 Å². The first kappa shape index (κ1) is 33.8. The fourth-order valence-electron chi connectivity index (χ4n) is 4.57. The maximum atomic E-state index is 15.1. The summed E-state index contributed by atoms with van der Waals surface area (Å²) in [5, 5.41) is 6.62. The summed E-state index contributed by atoms with van der Waals surface area (Å²) in [6, 6.07) is 9.90. The average molecular weight is 570 g/mol. The van der Waals surface area contributed by atoms with Gasteiger partial charge in [-0.2, -0.15) is 0 Å². The highest BCUT2D eigenvalue weighted by Crippen LogP contribution is 2.30. The number of hydrogen-bond acceptors (Lipinski definition) is 3. The van der Waals surface area contributed by atoms with E-state index in [0.717, 1.165) is 34.7 Å². The molecule has 3 nitrogen and oxygen atoms in total. The highest BCUT2D eigenvalue weighted by atomic mass is 19.1. The minimum atomic E-state index is -0.507. The zero-order valence-corrected chi connectivity index (χ0v) is 25.9. The van der Waals surface area contributed by atoms with E-state index in [9.17, 15) is 4.39 Å². The molecule has 0 saturated heterocycles. The quantitative estimate of drug-likeness (QED) is 0.166. The van der Waals surface area contributed by atoms with Crippen molar-refractivity contribution < 1.29 is 8.78 Å². The highest BCUT2D eigenvalue weighted by molar-refractivity contribution is 5.80. The van der Waals surface area contributed by atoms with Crippen molar-refractivity contribution in [2.24, 2.45) is 5.41 Å². The van der Waals surface area contributed by atoms with E-state index in [2.05, 4.69) is 57.7 Å². The molecule has 0 heterocycles. The van der Waals surface area contributed by atoms with Crippen molar-refractivity contribution in [3.05, 3.63) is 150 Å². The number of hydrogen-bond donors (Lipinski definition) is 3. The molecule has 0 aliphatic rings. The lowest BCUT2D eigenvalue weighted by Crippen LogP contribution is -2.16. The van der Waals surface area contributed by atoms with Crippen LogP contribution >= 0.6 is 0 Å². The summed E-state index contributed by atoms with van der Waals surface area (Å²) in [6.45, 7) is 28.1. The van der Waals surface area contributed by atoms with Crippen molar-refractivity contribution >= 4 is 16.8 Å². The topological polar surface area (TPSA) is 50.1 Å². The van der Waals surface area contributed by atoms with Gasteiger partial charge in [0.25, 0.3) is 0 Å². The second kappa shape index (κ2) is 15.0. The standard InChI is InChI=1S/C37H45F2N3/c1-11-16-32(33-17-14-15-18-34(33)38)26(6)27(7)41-24(4)19-30-20-29(22-35(39)36(30)40)28(12-2)21-31(13-3)42-25(5)23-37(8,9)10/h11-18,20-22,41-42H,1,3-5,19,23,40H2,2,6-10H3/b27-26+,28-12+,31-21+,32-16+. The molecular formula is C37H45F2N3. The van der Waals surface area contributed by atoms with E-state index in [-0.39, 0.29) is 23.3 Å². The first-order chi connectivity index (χ1) is 19.7. The summed E-state index contributed by atoms with van der Waals surface area (Å²) in [5.74, 6) is -0.827. The minimum Gasteiger partial charge on any atom is -0.396 e. The van der Waals surface area contributed by atoms with Crippen LogP contribution in [0.25, 0.3) is 11.1 Å². The smallest absolute Gasteiger partial charge is 0.146 e. The van der Waals surface area contributed by atoms with Crippen LogP contribution in [-0.4, -0.2) is 0 Å². The maximum Gasteiger partial charge on any atom is 0.146 e. The molecule has 2 aromatic carbocycles. The van der Waals surface area contributed by atoms with Crippen molar-refractivity contribution in [3.8, 4) is 0 Å². The lowest BCUT2D eigenvalue weighted by Gasteiger charge is -2.21. The Morgan fingerprint density at radius 3 is 2.21 bits per heavy atom. The number of anilines is 1. The second-order valence-corrected chi connectivity index (χ2v) is 11.5. The Labute approximate surface area is 251 Å². The van der Waals surface area contributed by atoms with E-state index in [1.807, 2.05) is 39.0 Å². The lowest BCUT2D eigenvalue weighted by atomic mass is 9.91. The van der Waals surface area contributed by atoms with Gasteiger partial charge in [-0.15, -0.1) is 0 Å². The van der Waals surface area contributed by atoms with Gasteiger partial charge in [-0.3, -0.25) is 0 Å². The summed E-state index contributed by atoms with van der Waals surface area (Å²) in [5.41, 5.74) is 13.4. The Balaban J connectivity index is 2.35. The molecule has 0 spiro atoms. The monoisotopic (exact) mass is 569 g/mol. The molecule has 5 heteroatoms. The van der Waals surface area contributed by atoms with Crippen LogP contribution in [0.2, 0.25) is 0 Å². The molecule has 42 heavy (non-hydrogen) atoms. The fraction of sp³-hybridized carbons (Fsp3) is 0.243. The normalized spacial score (nSPS) is 13.3. The molecule has 222 valence electrons. The van der Waals surface area contributed by atoms with Gasteiger partial charge in [0, 0.05) is 34.8 Å². The Hall–Kier alpha value is -4.38. The number of nitrogen functional groups attached to an aromatic ring is 1. The van der Waals surface area contributed by atoms with Crippen LogP contribution < -0.4 is 16.4 Å². The molecule has 0 unspecified atom stereocenters. The van der Waals surface area contributed by atoms with Gasteiger partial charge in [-0.25, -0.2) is 8.78 Å². The molecule has 0 fully saturated rings. The molecule has 2 rings (SSSR count). The zero-order chi connectivity index (χ0) is 31.6. The van der Waals surface area contributed by atoms with Gasteiger partial charge in [0.2, 0.25) is 0 Å². The number of benzene rings is 2. The fourth-order valence-corrected chi connectivity index (χ4v) is 4.57. The SMILES string of the molecule is C=C/C=C(\C(C)=C(/C)NC(=C)Cc1cc(C(/C=C(\C=C)NC(=C)CC(C)(C)C)=C/C)cc(F)c1N)c1ccccc1F. The summed E-state index contributed by atoms with van der Waals surface area (Å²) in [4.78, 5) is 0. The molecule has 0 aliphatic carbocycles. The Bertz CT molecular complexity index is 1480. The van der Waals surface area contributed by atoms with Crippen LogP contribution in [0.5, 0.6) is 0 Å². The van der Waals surface area contributed by atoms with Crippen LogP contribution in [0.1, 0.15) is 64.7 Å². The van der Waals surface area contributed by atoms with E-state index < -0.39 is 5.82 Å². The van der Waals surface area contributed by atoms with Crippen molar-refractivity contribution in [1.82, 2.24) is 10.6 Å². The van der Waals surface area contributed by atoms with E-state index in [1.165, 1.54) is 12.1 Å². The predicted octanol–water partition coefficient (Wildman–Crippen LogP) is 9.77. The summed E-state index contributed by atoms with van der Waals surface area (Å²) in [7, 11) is 0. The zero-order valence-electron chi connectivity index (χ0n) is 25.9. The summed E-state index contributed by atoms with van der Waals surface area (Å²) < 4.78 is 29.6. The minimum absolute atomic E-state index is 0.0683. The van der Waals surface area contributed by atoms with Gasteiger partial charge in [0.15, 0.2) is 0 Å². The number of allylic oxidation sites excluding steroid dienone is 11. The van der Waals surface area contributed by atoms with Crippen LogP contribution in [0, 0.1) is 17.0 Å². The predicted molar refractivity (Wildman–Crippen MR) is 178 cm³/mol. The van der Waals surface area contributed by atoms with Gasteiger partial charge in [0.1, 0.15) is 11.6 Å². The Kier molecular flexibility index (Phi) is 12.1. The summed E-state index contributed by atoms with van der Waals surface area (Å²) >= 11 is 0. The molecule has 0 aromatic heterocycles. The van der Waals surface area contributed by atoms with Gasteiger partial charge in [-0.1, -0.05) is 83.5 Å². The maximum absolute atomic E-state index is 15.1. The molecule has 2 aromatic rings. The first-order valence-corrected chi connectivity index (χ1v) is 13.9. The van der Waals surface area contributed by atoms with Gasteiger partial charge in [-0.05, 0) is 90.8 Å². The van der Waals surface area contributed by atoms with E-state index in [4.69, 9.17) is 5.73 Å². The molecule has 0 radical (unpaired) electrons. The lowest BCUT2D eigenvalue weighted by molar-refractivity contribution is 0.403. The van der Waals surface area contributed by atoms with E-state index in [1.54, 1.807) is 36.4 Å². The van der Waals surface area contributed by atoms with Crippen molar-refractivity contribution in [1.29, 1.82) is 0 Å². The number of nitrogens with one attached hydrogen (secondary N) is 2. The van der Waals surface area contributed by atoms with Crippen LogP contribution in [0.4, 0.5) is 14.5 Å². The Morgan fingerprint density at radius 2 is 1.64 bits per heavy atom. The van der Waals surface area contributed by atoms with Gasteiger partial charge >= 0.3 is 0 Å². The second-order valence-electron chi connectivity index (χ2n) is 11.5. The number of nitrogens with two attached hydrogens (primary N) is 1. The first-order valence-electron chi connectivity index (χ1n) is 13.9. The number of halogens is 2. The third-order valence-electron chi connectivity index (χ3n) is 6.64.